The number of fused-ring (bicyclic) bond motifs is 2. The van der Waals surface area contributed by atoms with E-state index in [4.69, 9.17) is 4.98 Å². The van der Waals surface area contributed by atoms with Crippen LogP contribution in [0.25, 0.3) is 33.6 Å². The number of aryl methyl sites for hydroxylation is 5. The molecule has 0 N–H and O–H groups in total. The van der Waals surface area contributed by atoms with Crippen LogP contribution >= 0.6 is 0 Å². The Balaban J connectivity index is 0.000000291. The first-order chi connectivity index (χ1) is 26.9. The fraction of sp³-hybridized carbons (Fsp3) is 0.0980. The minimum absolute atomic E-state index is 0. The Bertz CT molecular complexity index is 2550. The van der Waals surface area contributed by atoms with Gasteiger partial charge in [-0.05, 0) is 96.9 Å². The van der Waals surface area contributed by atoms with Crippen LogP contribution in [-0.4, -0.2) is 16.7 Å². The summed E-state index contributed by atoms with van der Waals surface area (Å²) in [6.07, 6.45) is 3.90. The van der Waals surface area contributed by atoms with Crippen molar-refractivity contribution < 1.29 is 20.1 Å². The molecule has 0 aliphatic carbocycles. The average Bonchev–Trinajstić information content (AvgIpc) is 3.22. The van der Waals surface area contributed by atoms with E-state index in [0.717, 1.165) is 28.1 Å². The molecule has 6 aromatic carbocycles. The maximum Gasteiger partial charge on any atom is 0.248 e. The number of rotatable bonds is 5. The van der Waals surface area contributed by atoms with Gasteiger partial charge in [-0.2, -0.15) is 0 Å². The third-order valence-electron chi connectivity index (χ3n) is 10.6. The molecule has 1 aliphatic heterocycles. The third-order valence-corrected chi connectivity index (χ3v) is 10.6. The molecule has 8 aromatic rings. The summed E-state index contributed by atoms with van der Waals surface area (Å²) in [7, 11) is 0. The van der Waals surface area contributed by atoms with E-state index < -0.39 is 0 Å². The molecule has 9 rings (SSSR count). The minimum atomic E-state index is 0. The molecule has 275 valence electrons. The van der Waals surface area contributed by atoms with E-state index in [2.05, 4.69) is 153 Å². The summed E-state index contributed by atoms with van der Waals surface area (Å²) in [6.45, 7) is 11.0. The number of benzene rings is 6. The Hall–Kier alpha value is -5.87. The molecule has 0 saturated heterocycles. The molecule has 5 heteroatoms. The Morgan fingerprint density at radius 2 is 1.04 bits per heavy atom. The van der Waals surface area contributed by atoms with Crippen LogP contribution in [0.15, 0.2) is 164 Å². The normalized spacial score (nSPS) is 11.4. The standard InChI is InChI=1S/C39H32BN2.C12H10N.Ir/c1-26-13-10-14-27(2)37(26)40-33-20-8-9-21-35(33)42(39-28(3)15-11-16-29(39)4)36-22-12-19-32(38(36)40)31-23-24-34(41-25-31)30-17-6-5-7-18-30;1-10-7-8-12(13-9-10)11-5-3-2-4-6-11;/h5-17,19-25H,1-4H3;2-5,7-9H,1H3;/q2*-1;. The first kappa shape index (κ1) is 38.4. The first-order valence-electron chi connectivity index (χ1n) is 18.9. The predicted molar refractivity (Wildman–Crippen MR) is 232 cm³/mol. The average molecular weight is 900 g/mol. The van der Waals surface area contributed by atoms with Gasteiger partial charge in [0.2, 0.25) is 6.71 Å². The molecule has 1 radical (unpaired) electrons. The topological polar surface area (TPSA) is 29.0 Å². The largest absolute Gasteiger partial charge is 0.311 e. The summed E-state index contributed by atoms with van der Waals surface area (Å²) in [5.74, 6) is 0. The summed E-state index contributed by atoms with van der Waals surface area (Å²) >= 11 is 0. The summed E-state index contributed by atoms with van der Waals surface area (Å²) in [5.41, 5.74) is 20.3. The van der Waals surface area contributed by atoms with Gasteiger partial charge in [-0.3, -0.25) is 0 Å². The van der Waals surface area contributed by atoms with Gasteiger partial charge in [0.1, 0.15) is 0 Å². The third kappa shape index (κ3) is 7.53. The first-order valence-corrected chi connectivity index (χ1v) is 18.9. The number of hydrogen-bond donors (Lipinski definition) is 0. The number of anilines is 3. The van der Waals surface area contributed by atoms with Crippen molar-refractivity contribution in [3.63, 3.8) is 0 Å². The van der Waals surface area contributed by atoms with Crippen LogP contribution in [0.3, 0.4) is 0 Å². The molecule has 1 aliphatic rings. The molecule has 2 aromatic heterocycles. The van der Waals surface area contributed by atoms with Crippen molar-refractivity contribution in [3.05, 3.63) is 204 Å². The quantitative estimate of drug-likeness (QED) is 0.127. The number of pyridine rings is 2. The van der Waals surface area contributed by atoms with Crippen molar-refractivity contribution in [2.45, 2.75) is 34.6 Å². The molecule has 56 heavy (non-hydrogen) atoms. The smallest absolute Gasteiger partial charge is 0.248 e. The maximum atomic E-state index is 4.91. The van der Waals surface area contributed by atoms with Gasteiger partial charge >= 0.3 is 0 Å². The zero-order valence-electron chi connectivity index (χ0n) is 32.3. The van der Waals surface area contributed by atoms with Crippen molar-refractivity contribution in [1.82, 2.24) is 9.97 Å². The summed E-state index contributed by atoms with van der Waals surface area (Å²) in [5, 5.41) is 0. The van der Waals surface area contributed by atoms with Crippen molar-refractivity contribution in [2.75, 3.05) is 4.90 Å². The van der Waals surface area contributed by atoms with E-state index in [1.165, 1.54) is 66.8 Å². The van der Waals surface area contributed by atoms with E-state index in [1.54, 1.807) is 0 Å². The van der Waals surface area contributed by atoms with Crippen LogP contribution in [0, 0.1) is 46.8 Å². The molecule has 0 bridgehead atoms. The second kappa shape index (κ2) is 16.9. The van der Waals surface area contributed by atoms with Gasteiger partial charge < -0.3 is 14.9 Å². The van der Waals surface area contributed by atoms with Crippen molar-refractivity contribution in [2.24, 2.45) is 0 Å². The number of para-hydroxylation sites is 2. The van der Waals surface area contributed by atoms with Crippen molar-refractivity contribution >= 4 is 40.2 Å². The van der Waals surface area contributed by atoms with Crippen LogP contribution < -0.4 is 21.3 Å². The van der Waals surface area contributed by atoms with E-state index in [0.29, 0.717) is 0 Å². The van der Waals surface area contributed by atoms with Crippen LogP contribution in [0.4, 0.5) is 17.1 Å². The SMILES string of the molecule is Cc1ccc(-c2[c-]cccc2)nc1.Cc1cccc(C)c1B1c2ccccc2N(c2c(C)cccc2C)c2cccc(-c3ccc(-c4[c-]cccc4)nc3)c21.[Ir]. The van der Waals surface area contributed by atoms with Crippen LogP contribution in [0.1, 0.15) is 27.8 Å². The molecule has 0 spiro atoms. The zero-order valence-corrected chi connectivity index (χ0v) is 34.7. The van der Waals surface area contributed by atoms with Crippen molar-refractivity contribution in [3.8, 4) is 33.6 Å². The number of hydrogen-bond acceptors (Lipinski definition) is 3. The number of aromatic nitrogens is 2. The van der Waals surface area contributed by atoms with Gasteiger partial charge in [0, 0.05) is 43.9 Å². The number of nitrogens with zero attached hydrogens (tertiary/aromatic N) is 3. The van der Waals surface area contributed by atoms with E-state index in [-0.39, 0.29) is 26.8 Å². The molecule has 0 fully saturated rings. The predicted octanol–water partition coefficient (Wildman–Crippen LogP) is 10.6. The molecule has 3 heterocycles. The molecule has 0 saturated carbocycles. The van der Waals surface area contributed by atoms with Gasteiger partial charge in [0.15, 0.2) is 0 Å². The molecular weight excluding hydrogens is 858 g/mol. The Kier molecular flexibility index (Phi) is 11.6. The van der Waals surface area contributed by atoms with Crippen LogP contribution in [0.2, 0.25) is 0 Å². The molecule has 3 nitrogen and oxygen atoms in total. The van der Waals surface area contributed by atoms with E-state index in [9.17, 15) is 0 Å². The zero-order chi connectivity index (χ0) is 37.9. The van der Waals surface area contributed by atoms with Crippen LogP contribution in [-0.2, 0) is 20.1 Å². The Morgan fingerprint density at radius 1 is 0.482 bits per heavy atom. The second-order valence-corrected chi connectivity index (χ2v) is 14.3. The minimum Gasteiger partial charge on any atom is -0.311 e. The van der Waals surface area contributed by atoms with Gasteiger partial charge in [0.25, 0.3) is 0 Å². The fourth-order valence-corrected chi connectivity index (χ4v) is 7.95. The van der Waals surface area contributed by atoms with Gasteiger partial charge in [-0.25, -0.2) is 0 Å². The van der Waals surface area contributed by atoms with E-state index in [1.807, 2.05) is 67.8 Å². The summed E-state index contributed by atoms with van der Waals surface area (Å²) in [4.78, 5) is 11.7. The summed E-state index contributed by atoms with van der Waals surface area (Å²) < 4.78 is 0. The molecule has 0 unspecified atom stereocenters. The Labute approximate surface area is 345 Å². The molecular formula is C51H42BIrN3-2. The van der Waals surface area contributed by atoms with Crippen molar-refractivity contribution in [1.29, 1.82) is 0 Å². The summed E-state index contributed by atoms with van der Waals surface area (Å²) in [6, 6.07) is 59.7. The van der Waals surface area contributed by atoms with E-state index >= 15 is 0 Å². The second-order valence-electron chi connectivity index (χ2n) is 14.3. The van der Waals surface area contributed by atoms with Gasteiger partial charge in [-0.1, -0.05) is 108 Å². The molecule has 0 atom stereocenters. The Morgan fingerprint density at radius 3 is 1.61 bits per heavy atom. The maximum absolute atomic E-state index is 4.91. The fourth-order valence-electron chi connectivity index (χ4n) is 7.95. The van der Waals surface area contributed by atoms with Gasteiger partial charge in [-0.15, -0.1) is 71.8 Å². The molecule has 0 amide bonds. The van der Waals surface area contributed by atoms with Crippen LogP contribution in [0.5, 0.6) is 0 Å². The monoisotopic (exact) mass is 900 g/mol. The van der Waals surface area contributed by atoms with Gasteiger partial charge in [0.05, 0.1) is 5.69 Å².